The van der Waals surface area contributed by atoms with Gasteiger partial charge in [-0.2, -0.15) is 5.10 Å². The number of methoxy groups -OCH3 is 3. The molecule has 10 heteroatoms. The van der Waals surface area contributed by atoms with Crippen molar-refractivity contribution in [1.82, 2.24) is 5.43 Å². The number of rotatable bonds is 8. The smallest absolute Gasteiger partial charge is 0.343 e. The molecule has 0 fully saturated rings. The topological polar surface area (TPSA) is 95.5 Å². The number of esters is 1. The summed E-state index contributed by atoms with van der Waals surface area (Å²) in [5.41, 5.74) is 3.41. The van der Waals surface area contributed by atoms with E-state index in [9.17, 15) is 9.59 Å². The molecule has 0 bridgehead atoms. The molecule has 3 aromatic rings. The number of nitrogens with zero attached hydrogens (tertiary/aromatic N) is 1. The molecule has 176 valence electrons. The SMILES string of the molecule is COc1cc(C(=O)Oc2ccc(Cl)cc2/C=N/NC(=O)c2ccc(Br)cc2)cc(OC)c1OC. The summed E-state index contributed by atoms with van der Waals surface area (Å²) >= 11 is 9.41. The van der Waals surface area contributed by atoms with E-state index >= 15 is 0 Å². The molecular formula is C24H20BrClN2O6. The van der Waals surface area contributed by atoms with Crippen molar-refractivity contribution in [1.29, 1.82) is 0 Å². The van der Waals surface area contributed by atoms with Crippen LogP contribution in [0.4, 0.5) is 0 Å². The van der Waals surface area contributed by atoms with Crippen LogP contribution in [0.1, 0.15) is 26.3 Å². The molecule has 3 aromatic carbocycles. The van der Waals surface area contributed by atoms with E-state index in [4.69, 9.17) is 30.5 Å². The molecule has 0 spiro atoms. The maximum atomic E-state index is 12.9. The van der Waals surface area contributed by atoms with E-state index < -0.39 is 11.9 Å². The Hall–Kier alpha value is -3.56. The summed E-state index contributed by atoms with van der Waals surface area (Å²) in [6.45, 7) is 0. The molecule has 0 radical (unpaired) electrons. The summed E-state index contributed by atoms with van der Waals surface area (Å²) in [5.74, 6) is 0.0775. The van der Waals surface area contributed by atoms with Crippen molar-refractivity contribution in [2.45, 2.75) is 0 Å². The lowest BCUT2D eigenvalue weighted by Gasteiger charge is -2.14. The van der Waals surface area contributed by atoms with Crippen molar-refractivity contribution in [3.05, 3.63) is 80.8 Å². The number of carbonyl (C=O) groups is 2. The summed E-state index contributed by atoms with van der Waals surface area (Å²) < 4.78 is 22.2. The van der Waals surface area contributed by atoms with Gasteiger partial charge in [-0.3, -0.25) is 4.79 Å². The number of carbonyl (C=O) groups excluding carboxylic acids is 2. The normalized spacial score (nSPS) is 10.6. The summed E-state index contributed by atoms with van der Waals surface area (Å²) in [6, 6.07) is 14.4. The van der Waals surface area contributed by atoms with Crippen LogP contribution in [0.2, 0.25) is 5.02 Å². The maximum absolute atomic E-state index is 12.9. The third kappa shape index (κ3) is 6.06. The van der Waals surface area contributed by atoms with Gasteiger partial charge >= 0.3 is 5.97 Å². The van der Waals surface area contributed by atoms with Crippen LogP contribution in [-0.2, 0) is 0 Å². The fraction of sp³-hybridized carbons (Fsp3) is 0.125. The van der Waals surface area contributed by atoms with Crippen molar-refractivity contribution in [3.8, 4) is 23.0 Å². The zero-order valence-electron chi connectivity index (χ0n) is 18.4. The Labute approximate surface area is 209 Å². The molecule has 0 aromatic heterocycles. The molecule has 0 aliphatic heterocycles. The predicted octanol–water partition coefficient (Wildman–Crippen LogP) is 5.11. The fourth-order valence-electron chi connectivity index (χ4n) is 2.90. The average Bonchev–Trinajstić information content (AvgIpc) is 2.84. The van der Waals surface area contributed by atoms with Gasteiger partial charge in [0.2, 0.25) is 5.75 Å². The minimum Gasteiger partial charge on any atom is -0.493 e. The first-order valence-electron chi connectivity index (χ1n) is 9.77. The summed E-state index contributed by atoms with van der Waals surface area (Å²) in [5, 5.41) is 4.35. The van der Waals surface area contributed by atoms with Crippen LogP contribution in [0.5, 0.6) is 23.0 Å². The molecular weight excluding hydrogens is 528 g/mol. The third-order valence-electron chi connectivity index (χ3n) is 4.55. The zero-order chi connectivity index (χ0) is 24.7. The lowest BCUT2D eigenvalue weighted by atomic mass is 10.1. The second-order valence-corrected chi connectivity index (χ2v) is 8.04. The second-order valence-electron chi connectivity index (χ2n) is 6.69. The minimum absolute atomic E-state index is 0.177. The number of halogens is 2. The van der Waals surface area contributed by atoms with Crippen LogP contribution in [-0.4, -0.2) is 39.4 Å². The van der Waals surface area contributed by atoms with Crippen LogP contribution in [0, 0.1) is 0 Å². The van der Waals surface area contributed by atoms with Gasteiger partial charge in [-0.1, -0.05) is 27.5 Å². The molecule has 0 aliphatic rings. The Balaban J connectivity index is 1.81. The van der Waals surface area contributed by atoms with E-state index in [0.29, 0.717) is 33.4 Å². The van der Waals surface area contributed by atoms with Crippen LogP contribution in [0.15, 0.2) is 64.2 Å². The van der Waals surface area contributed by atoms with E-state index in [0.717, 1.165) is 4.47 Å². The maximum Gasteiger partial charge on any atom is 0.343 e. The minimum atomic E-state index is -0.671. The second kappa shape index (κ2) is 11.5. The van der Waals surface area contributed by atoms with E-state index in [1.165, 1.54) is 45.7 Å². The number of nitrogens with one attached hydrogen (secondary N) is 1. The molecule has 1 N–H and O–H groups in total. The highest BCUT2D eigenvalue weighted by molar-refractivity contribution is 9.10. The Morgan fingerprint density at radius 2 is 1.53 bits per heavy atom. The van der Waals surface area contributed by atoms with Gasteiger partial charge in [0.15, 0.2) is 11.5 Å². The van der Waals surface area contributed by atoms with Crippen molar-refractivity contribution < 1.29 is 28.5 Å². The third-order valence-corrected chi connectivity index (χ3v) is 5.31. The van der Waals surface area contributed by atoms with E-state index in [1.807, 2.05) is 0 Å². The summed E-state index contributed by atoms with van der Waals surface area (Å²) in [6.07, 6.45) is 1.33. The molecule has 0 unspecified atom stereocenters. The zero-order valence-corrected chi connectivity index (χ0v) is 20.8. The van der Waals surface area contributed by atoms with Gasteiger partial charge in [0.1, 0.15) is 5.75 Å². The molecule has 0 saturated carbocycles. The van der Waals surface area contributed by atoms with Crippen molar-refractivity contribution in [2.24, 2.45) is 5.10 Å². The number of hydrazone groups is 1. The Morgan fingerprint density at radius 3 is 2.12 bits per heavy atom. The lowest BCUT2D eigenvalue weighted by molar-refractivity contribution is 0.0733. The van der Waals surface area contributed by atoms with Crippen LogP contribution >= 0.6 is 27.5 Å². The lowest BCUT2D eigenvalue weighted by Crippen LogP contribution is -2.17. The van der Waals surface area contributed by atoms with Crippen molar-refractivity contribution >= 4 is 45.6 Å². The molecule has 8 nitrogen and oxygen atoms in total. The van der Waals surface area contributed by atoms with Crippen molar-refractivity contribution in [2.75, 3.05) is 21.3 Å². The first-order valence-corrected chi connectivity index (χ1v) is 10.9. The molecule has 0 aliphatic carbocycles. The van der Waals surface area contributed by atoms with E-state index in [2.05, 4.69) is 26.5 Å². The van der Waals surface area contributed by atoms with Gasteiger partial charge in [0.05, 0.1) is 33.1 Å². The van der Waals surface area contributed by atoms with Crippen LogP contribution in [0.3, 0.4) is 0 Å². The molecule has 0 heterocycles. The molecule has 0 atom stereocenters. The molecule has 1 amide bonds. The predicted molar refractivity (Wildman–Crippen MR) is 132 cm³/mol. The Kier molecular flexibility index (Phi) is 8.50. The van der Waals surface area contributed by atoms with Gasteiger partial charge in [-0.25, -0.2) is 10.2 Å². The quantitative estimate of drug-likeness (QED) is 0.182. The number of hydrogen-bond donors (Lipinski definition) is 1. The van der Waals surface area contributed by atoms with E-state index in [-0.39, 0.29) is 11.3 Å². The van der Waals surface area contributed by atoms with Gasteiger partial charge in [0, 0.05) is 20.6 Å². The van der Waals surface area contributed by atoms with Gasteiger partial charge in [0.25, 0.3) is 5.91 Å². The largest absolute Gasteiger partial charge is 0.493 e. The summed E-state index contributed by atoms with van der Waals surface area (Å²) in [7, 11) is 4.36. The Morgan fingerprint density at radius 1 is 0.882 bits per heavy atom. The van der Waals surface area contributed by atoms with Gasteiger partial charge < -0.3 is 18.9 Å². The Bertz CT molecular complexity index is 1210. The van der Waals surface area contributed by atoms with Crippen molar-refractivity contribution in [3.63, 3.8) is 0 Å². The summed E-state index contributed by atoms with van der Waals surface area (Å²) in [4.78, 5) is 25.1. The van der Waals surface area contributed by atoms with E-state index in [1.54, 1.807) is 36.4 Å². The monoisotopic (exact) mass is 546 g/mol. The molecule has 3 rings (SSSR count). The van der Waals surface area contributed by atoms with Crippen LogP contribution in [0.25, 0.3) is 0 Å². The number of hydrogen-bond acceptors (Lipinski definition) is 7. The number of ether oxygens (including phenoxy) is 4. The molecule has 0 saturated heterocycles. The van der Waals surface area contributed by atoms with Crippen LogP contribution < -0.4 is 24.4 Å². The van der Waals surface area contributed by atoms with Gasteiger partial charge in [-0.15, -0.1) is 0 Å². The molecule has 34 heavy (non-hydrogen) atoms. The number of benzene rings is 3. The first-order chi connectivity index (χ1) is 16.4. The highest BCUT2D eigenvalue weighted by atomic mass is 79.9. The highest BCUT2D eigenvalue weighted by Crippen LogP contribution is 2.38. The standard InChI is InChI=1S/C24H20BrClN2O6/c1-31-20-11-15(12-21(32-2)22(20)33-3)24(30)34-19-9-8-18(26)10-16(19)13-27-28-23(29)14-4-6-17(25)7-5-14/h4-13H,1-3H3,(H,28,29)/b27-13+. The first kappa shape index (κ1) is 25.1. The highest BCUT2D eigenvalue weighted by Gasteiger charge is 2.19. The number of amides is 1. The average molecular weight is 548 g/mol. The van der Waals surface area contributed by atoms with Gasteiger partial charge in [-0.05, 0) is 54.6 Å². The fourth-order valence-corrected chi connectivity index (χ4v) is 3.34.